The number of carbonyl (C=O) groups is 1. The van der Waals surface area contributed by atoms with E-state index in [1.165, 1.54) is 24.8 Å². The minimum atomic E-state index is -0.0886. The van der Waals surface area contributed by atoms with E-state index in [2.05, 4.69) is 9.97 Å². The Bertz CT molecular complexity index is 306. The zero-order valence-corrected chi connectivity index (χ0v) is 7.64. The fraction of sp³-hybridized carbons (Fsp3) is 0.222. The fourth-order valence-electron chi connectivity index (χ4n) is 0.739. The summed E-state index contributed by atoms with van der Waals surface area (Å²) in [5, 5.41) is 0. The third-order valence-corrected chi connectivity index (χ3v) is 1.37. The van der Waals surface area contributed by atoms with Gasteiger partial charge in [-0.05, 0) is 0 Å². The van der Waals surface area contributed by atoms with Crippen LogP contribution in [0.2, 0.25) is 0 Å². The average Bonchev–Trinajstić information content (AvgIpc) is 2.15. The lowest BCUT2D eigenvalue weighted by Crippen LogP contribution is -2.03. The SMILES string of the molecule is CN(C)C=CC(=O)c1cncnc1. The van der Waals surface area contributed by atoms with Gasteiger partial charge in [0.2, 0.25) is 0 Å². The highest BCUT2D eigenvalue weighted by molar-refractivity contribution is 6.03. The van der Waals surface area contributed by atoms with Crippen LogP contribution in [-0.4, -0.2) is 34.7 Å². The molecule has 13 heavy (non-hydrogen) atoms. The molecule has 1 aromatic rings. The van der Waals surface area contributed by atoms with Crippen LogP contribution in [0.3, 0.4) is 0 Å². The molecular weight excluding hydrogens is 166 g/mol. The highest BCUT2D eigenvalue weighted by atomic mass is 16.1. The van der Waals surface area contributed by atoms with Crippen LogP contribution >= 0.6 is 0 Å². The van der Waals surface area contributed by atoms with Crippen molar-refractivity contribution in [1.82, 2.24) is 14.9 Å². The third-order valence-electron chi connectivity index (χ3n) is 1.37. The first-order valence-electron chi connectivity index (χ1n) is 3.84. The molecule has 68 valence electrons. The summed E-state index contributed by atoms with van der Waals surface area (Å²) in [6.45, 7) is 0. The Kier molecular flexibility index (Phi) is 3.14. The first-order valence-corrected chi connectivity index (χ1v) is 3.84. The van der Waals surface area contributed by atoms with Crippen LogP contribution in [0, 0.1) is 0 Å². The van der Waals surface area contributed by atoms with Gasteiger partial charge in [0.15, 0.2) is 5.78 Å². The Hall–Kier alpha value is -1.71. The van der Waals surface area contributed by atoms with Crippen molar-refractivity contribution < 1.29 is 4.79 Å². The highest BCUT2D eigenvalue weighted by Gasteiger charge is 2.00. The van der Waals surface area contributed by atoms with E-state index in [9.17, 15) is 4.79 Å². The van der Waals surface area contributed by atoms with Crippen LogP contribution in [0.25, 0.3) is 0 Å². The summed E-state index contributed by atoms with van der Waals surface area (Å²) >= 11 is 0. The maximum absolute atomic E-state index is 11.4. The Balaban J connectivity index is 2.70. The maximum Gasteiger partial charge on any atom is 0.190 e. The lowest BCUT2D eigenvalue weighted by molar-refractivity contribution is 0.104. The van der Waals surface area contributed by atoms with E-state index in [0.29, 0.717) is 5.56 Å². The number of allylic oxidation sites excluding steroid dienone is 1. The molecule has 0 saturated heterocycles. The van der Waals surface area contributed by atoms with Crippen molar-refractivity contribution in [3.8, 4) is 0 Å². The molecule has 0 amide bonds. The van der Waals surface area contributed by atoms with Crippen molar-refractivity contribution >= 4 is 5.78 Å². The van der Waals surface area contributed by atoms with Gasteiger partial charge in [0.1, 0.15) is 6.33 Å². The highest BCUT2D eigenvalue weighted by Crippen LogP contribution is 1.96. The molecular formula is C9H11N3O. The predicted molar refractivity (Wildman–Crippen MR) is 49.2 cm³/mol. The molecule has 1 heterocycles. The first kappa shape index (κ1) is 9.38. The van der Waals surface area contributed by atoms with Gasteiger partial charge in [-0.25, -0.2) is 9.97 Å². The number of rotatable bonds is 3. The second kappa shape index (κ2) is 4.35. The van der Waals surface area contributed by atoms with Gasteiger partial charge in [-0.2, -0.15) is 0 Å². The standard InChI is InChI=1S/C9H11N3O/c1-12(2)4-3-9(13)8-5-10-7-11-6-8/h3-7H,1-2H3. The Morgan fingerprint density at radius 3 is 2.54 bits per heavy atom. The van der Waals surface area contributed by atoms with E-state index >= 15 is 0 Å². The van der Waals surface area contributed by atoms with Crippen LogP contribution in [0.15, 0.2) is 31.0 Å². The molecule has 0 atom stereocenters. The Morgan fingerprint density at radius 2 is 2.00 bits per heavy atom. The predicted octanol–water partition coefficient (Wildman–Crippen LogP) is 0.735. The lowest BCUT2D eigenvalue weighted by atomic mass is 10.2. The third kappa shape index (κ3) is 3.02. The van der Waals surface area contributed by atoms with Gasteiger partial charge < -0.3 is 4.90 Å². The molecule has 0 spiro atoms. The molecule has 0 bridgehead atoms. The van der Waals surface area contributed by atoms with Crippen molar-refractivity contribution in [2.24, 2.45) is 0 Å². The van der Waals surface area contributed by atoms with E-state index < -0.39 is 0 Å². The topological polar surface area (TPSA) is 46.1 Å². The Labute approximate surface area is 76.9 Å². The van der Waals surface area contributed by atoms with Crippen molar-refractivity contribution in [3.05, 3.63) is 36.6 Å². The monoisotopic (exact) mass is 177 g/mol. The minimum absolute atomic E-state index is 0.0886. The molecule has 4 nitrogen and oxygen atoms in total. The molecule has 0 unspecified atom stereocenters. The molecule has 0 radical (unpaired) electrons. The van der Waals surface area contributed by atoms with Crippen LogP contribution in [0.5, 0.6) is 0 Å². The summed E-state index contributed by atoms with van der Waals surface area (Å²) < 4.78 is 0. The Morgan fingerprint density at radius 1 is 1.38 bits per heavy atom. The second-order valence-electron chi connectivity index (χ2n) is 2.77. The lowest BCUT2D eigenvalue weighted by Gasteiger charge is -2.02. The maximum atomic E-state index is 11.4. The number of ketones is 1. The van der Waals surface area contributed by atoms with Gasteiger partial charge in [0.25, 0.3) is 0 Å². The van der Waals surface area contributed by atoms with E-state index in [1.54, 1.807) is 11.1 Å². The molecule has 0 fully saturated rings. The van der Waals surface area contributed by atoms with Gasteiger partial charge in [-0.1, -0.05) is 0 Å². The zero-order valence-electron chi connectivity index (χ0n) is 7.64. The molecule has 0 aliphatic rings. The number of hydrogen-bond acceptors (Lipinski definition) is 4. The molecule has 4 heteroatoms. The molecule has 1 aromatic heterocycles. The van der Waals surface area contributed by atoms with Gasteiger partial charge in [0.05, 0.1) is 5.56 Å². The molecule has 0 aliphatic carbocycles. The van der Waals surface area contributed by atoms with E-state index in [-0.39, 0.29) is 5.78 Å². The van der Waals surface area contributed by atoms with Gasteiger partial charge >= 0.3 is 0 Å². The van der Waals surface area contributed by atoms with E-state index in [4.69, 9.17) is 0 Å². The van der Waals surface area contributed by atoms with Crippen molar-refractivity contribution in [2.45, 2.75) is 0 Å². The van der Waals surface area contributed by atoms with Crippen LogP contribution in [0.4, 0.5) is 0 Å². The second-order valence-corrected chi connectivity index (χ2v) is 2.77. The van der Waals surface area contributed by atoms with Crippen molar-refractivity contribution in [1.29, 1.82) is 0 Å². The average molecular weight is 177 g/mol. The largest absolute Gasteiger partial charge is 0.383 e. The van der Waals surface area contributed by atoms with Crippen LogP contribution in [-0.2, 0) is 0 Å². The number of aromatic nitrogens is 2. The molecule has 0 saturated carbocycles. The summed E-state index contributed by atoms with van der Waals surface area (Å²) in [6.07, 6.45) is 7.56. The smallest absolute Gasteiger partial charge is 0.190 e. The summed E-state index contributed by atoms with van der Waals surface area (Å²) in [4.78, 5) is 20.7. The van der Waals surface area contributed by atoms with Gasteiger partial charge in [-0.15, -0.1) is 0 Å². The first-order chi connectivity index (χ1) is 6.20. The number of hydrogen-bond donors (Lipinski definition) is 0. The minimum Gasteiger partial charge on any atom is -0.383 e. The van der Waals surface area contributed by atoms with Crippen molar-refractivity contribution in [2.75, 3.05) is 14.1 Å². The summed E-state index contributed by atoms with van der Waals surface area (Å²) in [5.41, 5.74) is 0.501. The molecule has 0 N–H and O–H groups in total. The van der Waals surface area contributed by atoms with E-state index in [1.807, 2.05) is 14.1 Å². The quantitative estimate of drug-likeness (QED) is 0.504. The normalized spacial score (nSPS) is 10.3. The van der Waals surface area contributed by atoms with Gasteiger partial charge in [-0.3, -0.25) is 4.79 Å². The van der Waals surface area contributed by atoms with E-state index in [0.717, 1.165) is 0 Å². The van der Waals surface area contributed by atoms with Crippen molar-refractivity contribution in [3.63, 3.8) is 0 Å². The zero-order chi connectivity index (χ0) is 9.68. The molecule has 1 rings (SSSR count). The van der Waals surface area contributed by atoms with Crippen LogP contribution < -0.4 is 0 Å². The molecule has 0 aliphatic heterocycles. The molecule has 0 aromatic carbocycles. The summed E-state index contributed by atoms with van der Waals surface area (Å²) in [5.74, 6) is -0.0886. The van der Waals surface area contributed by atoms with Crippen LogP contribution in [0.1, 0.15) is 10.4 Å². The fourth-order valence-corrected chi connectivity index (χ4v) is 0.739. The number of carbonyl (C=O) groups excluding carboxylic acids is 1. The summed E-state index contributed by atoms with van der Waals surface area (Å²) in [7, 11) is 3.70. The van der Waals surface area contributed by atoms with Gasteiger partial charge in [0, 0.05) is 38.8 Å². The summed E-state index contributed by atoms with van der Waals surface area (Å²) in [6, 6.07) is 0. The number of nitrogens with zero attached hydrogens (tertiary/aromatic N) is 3.